The predicted molar refractivity (Wildman–Crippen MR) is 49.6 cm³/mol. The Hall–Kier alpha value is 0.467. The van der Waals surface area contributed by atoms with Crippen LogP contribution in [0.4, 0.5) is 0 Å². The zero-order valence-electron chi connectivity index (χ0n) is 7.06. The average molecular weight is 181 g/mol. The van der Waals surface area contributed by atoms with Crippen LogP contribution in [0, 0.1) is 0 Å². The number of halogens is 1. The molecule has 0 spiro atoms. The molecule has 0 aromatic carbocycles. The van der Waals surface area contributed by atoms with Crippen molar-refractivity contribution in [2.24, 2.45) is 0 Å². The van der Waals surface area contributed by atoms with Crippen molar-refractivity contribution in [1.29, 1.82) is 0 Å². The van der Waals surface area contributed by atoms with Crippen LogP contribution in [0.15, 0.2) is 0 Å². The summed E-state index contributed by atoms with van der Waals surface area (Å²) in [4.78, 5) is 0. The molecular formula is C7H17ClOSi. The van der Waals surface area contributed by atoms with Gasteiger partial charge < -0.3 is 4.74 Å². The van der Waals surface area contributed by atoms with Crippen LogP contribution in [-0.2, 0) is 4.74 Å². The second kappa shape index (κ2) is 6.19. The molecule has 10 heavy (non-hydrogen) atoms. The molecular weight excluding hydrogens is 164 g/mol. The summed E-state index contributed by atoms with van der Waals surface area (Å²) in [5.74, 6) is 0. The minimum atomic E-state index is -0.622. The van der Waals surface area contributed by atoms with Crippen LogP contribution < -0.4 is 0 Å². The molecule has 0 aliphatic carbocycles. The number of hydrogen-bond donors (Lipinski definition) is 0. The molecule has 0 heterocycles. The van der Waals surface area contributed by atoms with E-state index in [1.807, 2.05) is 6.92 Å². The zero-order chi connectivity index (χ0) is 7.98. The Balaban J connectivity index is 3.13. The maximum Gasteiger partial charge on any atom is 0.0520 e. The number of ether oxygens (including phenoxy) is 1. The third-order valence-corrected chi connectivity index (χ3v) is 4.98. The monoisotopic (exact) mass is 180 g/mol. The molecule has 62 valence electrons. The summed E-state index contributed by atoms with van der Waals surface area (Å²) in [6, 6.07) is 0. The van der Waals surface area contributed by atoms with Gasteiger partial charge in [-0.15, -0.1) is 11.6 Å². The van der Waals surface area contributed by atoms with Gasteiger partial charge in [0.05, 0.1) is 8.80 Å². The minimum Gasteiger partial charge on any atom is -0.382 e. The van der Waals surface area contributed by atoms with E-state index < -0.39 is 8.80 Å². The zero-order valence-corrected chi connectivity index (χ0v) is 8.97. The van der Waals surface area contributed by atoms with Gasteiger partial charge in [0, 0.05) is 18.2 Å². The third kappa shape index (κ3) is 5.27. The topological polar surface area (TPSA) is 9.23 Å². The molecule has 0 bridgehead atoms. The Morgan fingerprint density at radius 1 is 1.50 bits per heavy atom. The van der Waals surface area contributed by atoms with E-state index in [9.17, 15) is 0 Å². The molecule has 0 radical (unpaired) electrons. The van der Waals surface area contributed by atoms with Gasteiger partial charge in [-0.05, 0) is 13.3 Å². The number of hydrogen-bond acceptors (Lipinski definition) is 1. The van der Waals surface area contributed by atoms with E-state index in [2.05, 4.69) is 13.1 Å². The largest absolute Gasteiger partial charge is 0.382 e. The van der Waals surface area contributed by atoms with Gasteiger partial charge in [0.1, 0.15) is 0 Å². The normalized spacial score (nSPS) is 14.1. The average Bonchev–Trinajstić information content (AvgIpc) is 1.88. The van der Waals surface area contributed by atoms with E-state index in [1.165, 1.54) is 0 Å². The van der Waals surface area contributed by atoms with Crippen molar-refractivity contribution >= 4 is 20.4 Å². The van der Waals surface area contributed by atoms with E-state index >= 15 is 0 Å². The van der Waals surface area contributed by atoms with E-state index in [0.29, 0.717) is 5.00 Å². The van der Waals surface area contributed by atoms with Crippen molar-refractivity contribution in [2.45, 2.75) is 31.4 Å². The molecule has 0 rings (SSSR count). The minimum absolute atomic E-state index is 0.409. The first-order valence-electron chi connectivity index (χ1n) is 3.90. The van der Waals surface area contributed by atoms with Crippen LogP contribution >= 0.6 is 11.6 Å². The summed E-state index contributed by atoms with van der Waals surface area (Å²) in [5.41, 5.74) is 0. The van der Waals surface area contributed by atoms with Crippen LogP contribution in [0.25, 0.3) is 0 Å². The maximum atomic E-state index is 6.03. The van der Waals surface area contributed by atoms with Gasteiger partial charge in [-0.25, -0.2) is 0 Å². The first-order valence-corrected chi connectivity index (χ1v) is 7.31. The summed E-state index contributed by atoms with van der Waals surface area (Å²) < 4.78 is 5.19. The quantitative estimate of drug-likeness (QED) is 0.358. The van der Waals surface area contributed by atoms with Crippen molar-refractivity contribution in [2.75, 3.05) is 13.2 Å². The second-order valence-electron chi connectivity index (χ2n) is 2.75. The van der Waals surface area contributed by atoms with Gasteiger partial charge in [0.25, 0.3) is 0 Å². The van der Waals surface area contributed by atoms with Crippen molar-refractivity contribution in [3.8, 4) is 0 Å². The molecule has 0 N–H and O–H groups in total. The first-order chi connectivity index (χ1) is 4.68. The van der Waals surface area contributed by atoms with Gasteiger partial charge in [0.2, 0.25) is 0 Å². The lowest BCUT2D eigenvalue weighted by Gasteiger charge is -2.10. The SMILES string of the molecule is CCOCCC(Cl)[SiH](C)C. The van der Waals surface area contributed by atoms with Crippen molar-refractivity contribution < 1.29 is 4.74 Å². The van der Waals surface area contributed by atoms with E-state index in [4.69, 9.17) is 16.3 Å². The van der Waals surface area contributed by atoms with Crippen molar-refractivity contribution in [1.82, 2.24) is 0 Å². The number of rotatable bonds is 5. The van der Waals surface area contributed by atoms with Crippen LogP contribution in [0.1, 0.15) is 13.3 Å². The third-order valence-electron chi connectivity index (χ3n) is 1.47. The van der Waals surface area contributed by atoms with E-state index in [1.54, 1.807) is 0 Å². The van der Waals surface area contributed by atoms with Crippen molar-refractivity contribution in [3.63, 3.8) is 0 Å². The molecule has 0 saturated carbocycles. The standard InChI is InChI=1S/C7H17ClOSi/c1-4-9-6-5-7(8)10(2)3/h7,10H,4-6H2,1-3H3. The maximum absolute atomic E-state index is 6.03. The van der Waals surface area contributed by atoms with Gasteiger partial charge in [-0.3, -0.25) is 0 Å². The van der Waals surface area contributed by atoms with Crippen LogP contribution in [-0.4, -0.2) is 27.0 Å². The highest BCUT2D eigenvalue weighted by atomic mass is 35.5. The summed E-state index contributed by atoms with van der Waals surface area (Å²) in [6.07, 6.45) is 1.03. The molecule has 0 aliphatic rings. The fourth-order valence-corrected chi connectivity index (χ4v) is 1.57. The second-order valence-corrected chi connectivity index (χ2v) is 7.02. The molecule has 0 aromatic heterocycles. The van der Waals surface area contributed by atoms with Gasteiger partial charge >= 0.3 is 0 Å². The van der Waals surface area contributed by atoms with E-state index in [-0.39, 0.29) is 0 Å². The molecule has 0 aliphatic heterocycles. The van der Waals surface area contributed by atoms with Gasteiger partial charge in [-0.1, -0.05) is 13.1 Å². The lowest BCUT2D eigenvalue weighted by molar-refractivity contribution is 0.147. The smallest absolute Gasteiger partial charge is 0.0520 e. The summed E-state index contributed by atoms with van der Waals surface area (Å²) in [7, 11) is -0.622. The molecule has 3 heteroatoms. The van der Waals surface area contributed by atoms with Crippen molar-refractivity contribution in [3.05, 3.63) is 0 Å². The Morgan fingerprint density at radius 2 is 2.10 bits per heavy atom. The highest BCUT2D eigenvalue weighted by Crippen LogP contribution is 2.06. The predicted octanol–water partition coefficient (Wildman–Crippen LogP) is 2.05. The Bertz CT molecular complexity index is 78.0. The van der Waals surface area contributed by atoms with Crippen LogP contribution in [0.3, 0.4) is 0 Å². The fraction of sp³-hybridized carbons (Fsp3) is 1.00. The summed E-state index contributed by atoms with van der Waals surface area (Å²) in [6.45, 7) is 8.18. The highest BCUT2D eigenvalue weighted by molar-refractivity contribution is 6.67. The van der Waals surface area contributed by atoms with E-state index in [0.717, 1.165) is 19.6 Å². The Morgan fingerprint density at radius 3 is 2.50 bits per heavy atom. The summed E-state index contributed by atoms with van der Waals surface area (Å²) >= 11 is 6.03. The first kappa shape index (κ1) is 10.5. The molecule has 1 atom stereocenters. The molecule has 0 aromatic rings. The molecule has 0 fully saturated rings. The summed E-state index contributed by atoms with van der Waals surface area (Å²) in [5, 5.41) is 0.409. The highest BCUT2D eigenvalue weighted by Gasteiger charge is 2.09. The van der Waals surface area contributed by atoms with Crippen LogP contribution in [0.2, 0.25) is 13.1 Å². The Labute approximate surface area is 70.3 Å². The Kier molecular flexibility index (Phi) is 6.48. The van der Waals surface area contributed by atoms with Crippen LogP contribution in [0.5, 0.6) is 0 Å². The lowest BCUT2D eigenvalue weighted by atomic mass is 10.5. The lowest BCUT2D eigenvalue weighted by Crippen LogP contribution is -2.20. The molecule has 0 saturated heterocycles. The fourth-order valence-electron chi connectivity index (χ4n) is 0.674. The molecule has 1 nitrogen and oxygen atoms in total. The number of alkyl halides is 1. The van der Waals surface area contributed by atoms with Gasteiger partial charge in [-0.2, -0.15) is 0 Å². The molecule has 1 unspecified atom stereocenters. The van der Waals surface area contributed by atoms with Gasteiger partial charge in [0.15, 0.2) is 0 Å². The molecule has 0 amide bonds.